The number of hydrogen-bond donors (Lipinski definition) is 3. The molecule has 0 aliphatic rings. The molecule has 12 heavy (non-hydrogen) atoms. The van der Waals surface area contributed by atoms with E-state index in [0.29, 0.717) is 5.46 Å². The van der Waals surface area contributed by atoms with Gasteiger partial charge in [0.15, 0.2) is 0 Å². The number of nitrogens with one attached hydrogen (secondary N) is 1. The fourth-order valence-corrected chi connectivity index (χ4v) is 0.836. The first kappa shape index (κ1) is 8.61. The van der Waals surface area contributed by atoms with E-state index in [0.717, 1.165) is 0 Å². The van der Waals surface area contributed by atoms with Crippen LogP contribution in [0.3, 0.4) is 0 Å². The Morgan fingerprint density at radius 2 is 1.92 bits per heavy atom. The van der Waals surface area contributed by atoms with Gasteiger partial charge in [-0.05, 0) is 5.46 Å². The van der Waals surface area contributed by atoms with Crippen molar-refractivity contribution in [2.75, 3.05) is 0 Å². The zero-order valence-electron chi connectivity index (χ0n) is 6.27. The Kier molecular flexibility index (Phi) is 2.71. The lowest BCUT2D eigenvalue weighted by molar-refractivity contribution is 0.199. The SMILES string of the molecule is O=C(O)NB(O)c1ccccc1. The van der Waals surface area contributed by atoms with Gasteiger partial charge < -0.3 is 15.4 Å². The molecule has 0 fully saturated rings. The standard InChI is InChI=1S/C7H8BNO3/c10-7(11)9-8(12)6-4-2-1-3-5-6/h1-5,9,12H,(H,10,11). The molecule has 4 nitrogen and oxygen atoms in total. The van der Waals surface area contributed by atoms with Gasteiger partial charge in [0.1, 0.15) is 0 Å². The molecule has 0 radical (unpaired) electrons. The second kappa shape index (κ2) is 3.78. The summed E-state index contributed by atoms with van der Waals surface area (Å²) < 4.78 is 0. The van der Waals surface area contributed by atoms with Crippen LogP contribution < -0.4 is 10.7 Å². The number of rotatable bonds is 2. The van der Waals surface area contributed by atoms with Crippen LogP contribution in [0.5, 0.6) is 0 Å². The molecule has 1 aromatic carbocycles. The highest BCUT2D eigenvalue weighted by molar-refractivity contribution is 6.65. The normalized spacial score (nSPS) is 9.08. The zero-order chi connectivity index (χ0) is 8.97. The number of carboxylic acid groups (broad SMARTS) is 1. The summed E-state index contributed by atoms with van der Waals surface area (Å²) in [7, 11) is -1.15. The third-order valence-electron chi connectivity index (χ3n) is 1.38. The van der Waals surface area contributed by atoms with Crippen LogP contribution in [-0.2, 0) is 0 Å². The van der Waals surface area contributed by atoms with Gasteiger partial charge in [-0.25, -0.2) is 4.79 Å². The lowest BCUT2D eigenvalue weighted by Crippen LogP contribution is -2.47. The molecule has 1 aromatic rings. The zero-order valence-corrected chi connectivity index (χ0v) is 6.27. The van der Waals surface area contributed by atoms with E-state index in [-0.39, 0.29) is 0 Å². The van der Waals surface area contributed by atoms with E-state index >= 15 is 0 Å². The van der Waals surface area contributed by atoms with E-state index in [9.17, 15) is 9.82 Å². The molecular formula is C7H8BNO3. The van der Waals surface area contributed by atoms with Gasteiger partial charge in [0.05, 0.1) is 0 Å². The Bertz CT molecular complexity index is 265. The van der Waals surface area contributed by atoms with Crippen LogP contribution in [0, 0.1) is 0 Å². The molecule has 0 saturated heterocycles. The summed E-state index contributed by atoms with van der Waals surface area (Å²) in [6.45, 7) is 0. The van der Waals surface area contributed by atoms with Crippen molar-refractivity contribution in [1.82, 2.24) is 5.23 Å². The van der Waals surface area contributed by atoms with Gasteiger partial charge in [0.2, 0.25) is 0 Å². The molecule has 0 atom stereocenters. The molecule has 0 aromatic heterocycles. The van der Waals surface area contributed by atoms with E-state index in [4.69, 9.17) is 5.11 Å². The van der Waals surface area contributed by atoms with Gasteiger partial charge >= 0.3 is 13.1 Å². The van der Waals surface area contributed by atoms with Crippen LogP contribution >= 0.6 is 0 Å². The summed E-state index contributed by atoms with van der Waals surface area (Å²) in [5.74, 6) is 0. The molecule has 1 rings (SSSR count). The van der Waals surface area contributed by atoms with Crippen LogP contribution in [-0.4, -0.2) is 23.3 Å². The van der Waals surface area contributed by atoms with Crippen molar-refractivity contribution in [1.29, 1.82) is 0 Å². The summed E-state index contributed by atoms with van der Waals surface area (Å²) in [4.78, 5) is 10.1. The van der Waals surface area contributed by atoms with E-state index in [1.165, 1.54) is 0 Å². The lowest BCUT2D eigenvalue weighted by atomic mass is 9.74. The molecule has 0 spiro atoms. The maximum Gasteiger partial charge on any atom is 0.451 e. The third-order valence-corrected chi connectivity index (χ3v) is 1.38. The highest BCUT2D eigenvalue weighted by atomic mass is 16.4. The number of hydrogen-bond acceptors (Lipinski definition) is 2. The minimum atomic E-state index is -1.24. The topological polar surface area (TPSA) is 69.6 Å². The fourth-order valence-electron chi connectivity index (χ4n) is 0.836. The minimum absolute atomic E-state index is 0.528. The first-order chi connectivity index (χ1) is 5.70. The molecule has 0 saturated carbocycles. The molecule has 0 bridgehead atoms. The van der Waals surface area contributed by atoms with Gasteiger partial charge in [-0.3, -0.25) is 0 Å². The lowest BCUT2D eigenvalue weighted by Gasteiger charge is -2.04. The van der Waals surface area contributed by atoms with Crippen molar-refractivity contribution >= 4 is 18.6 Å². The summed E-state index contributed by atoms with van der Waals surface area (Å²) in [6, 6.07) is 8.52. The van der Waals surface area contributed by atoms with Gasteiger partial charge in [0, 0.05) is 0 Å². The quantitative estimate of drug-likeness (QED) is 0.524. The van der Waals surface area contributed by atoms with Gasteiger partial charge in [-0.15, -0.1) is 0 Å². The van der Waals surface area contributed by atoms with Crippen molar-refractivity contribution in [3.8, 4) is 0 Å². The number of benzene rings is 1. The number of carbonyl (C=O) groups is 1. The maximum atomic E-state index is 10.1. The van der Waals surface area contributed by atoms with E-state index < -0.39 is 13.1 Å². The molecule has 5 heteroatoms. The Morgan fingerprint density at radius 1 is 1.33 bits per heavy atom. The van der Waals surface area contributed by atoms with Gasteiger partial charge in [-0.1, -0.05) is 30.3 Å². The Hall–Kier alpha value is -1.49. The summed E-state index contributed by atoms with van der Waals surface area (Å²) in [5, 5.41) is 19.4. The van der Waals surface area contributed by atoms with Crippen molar-refractivity contribution in [3.63, 3.8) is 0 Å². The summed E-state index contributed by atoms with van der Waals surface area (Å²) in [5.41, 5.74) is 0.528. The molecule has 0 aliphatic heterocycles. The second-order valence-corrected chi connectivity index (χ2v) is 2.26. The Balaban J connectivity index is 2.65. The smallest absolute Gasteiger partial charge is 0.451 e. The van der Waals surface area contributed by atoms with Crippen LogP contribution in [0.1, 0.15) is 0 Å². The van der Waals surface area contributed by atoms with Gasteiger partial charge in [-0.2, -0.15) is 0 Å². The maximum absolute atomic E-state index is 10.1. The molecule has 0 heterocycles. The average Bonchev–Trinajstić information content (AvgIpc) is 2.05. The van der Waals surface area contributed by atoms with Crippen LogP contribution in [0.15, 0.2) is 30.3 Å². The molecule has 1 amide bonds. The Morgan fingerprint density at radius 3 is 2.42 bits per heavy atom. The first-order valence-electron chi connectivity index (χ1n) is 3.42. The first-order valence-corrected chi connectivity index (χ1v) is 3.42. The second-order valence-electron chi connectivity index (χ2n) is 2.26. The fraction of sp³-hybridized carbons (Fsp3) is 0. The molecule has 0 aliphatic carbocycles. The molecule has 0 unspecified atom stereocenters. The van der Waals surface area contributed by atoms with Gasteiger partial charge in [0.25, 0.3) is 0 Å². The highest BCUT2D eigenvalue weighted by Gasteiger charge is 2.16. The van der Waals surface area contributed by atoms with Crippen LogP contribution in [0.2, 0.25) is 0 Å². The highest BCUT2D eigenvalue weighted by Crippen LogP contribution is 1.83. The van der Waals surface area contributed by atoms with Crippen LogP contribution in [0.4, 0.5) is 4.79 Å². The predicted molar refractivity (Wildman–Crippen MR) is 45.2 cm³/mol. The summed E-state index contributed by atoms with van der Waals surface area (Å²) >= 11 is 0. The average molecular weight is 165 g/mol. The van der Waals surface area contributed by atoms with E-state index in [2.05, 4.69) is 0 Å². The summed E-state index contributed by atoms with van der Waals surface area (Å²) in [6.07, 6.45) is -1.24. The molecule has 3 N–H and O–H groups in total. The monoisotopic (exact) mass is 165 g/mol. The predicted octanol–water partition coefficient (Wildman–Crippen LogP) is -0.358. The number of amides is 1. The van der Waals surface area contributed by atoms with Crippen LogP contribution in [0.25, 0.3) is 0 Å². The van der Waals surface area contributed by atoms with Crippen molar-refractivity contribution in [3.05, 3.63) is 30.3 Å². The molecule has 62 valence electrons. The van der Waals surface area contributed by atoms with Crippen molar-refractivity contribution < 1.29 is 14.9 Å². The largest absolute Gasteiger partial charge is 0.466 e. The third kappa shape index (κ3) is 2.28. The minimum Gasteiger partial charge on any atom is -0.466 e. The van der Waals surface area contributed by atoms with E-state index in [1.54, 1.807) is 30.3 Å². The van der Waals surface area contributed by atoms with Crippen molar-refractivity contribution in [2.45, 2.75) is 0 Å². The van der Waals surface area contributed by atoms with E-state index in [1.807, 2.05) is 5.23 Å². The molecular weight excluding hydrogens is 157 g/mol. The van der Waals surface area contributed by atoms with Crippen molar-refractivity contribution in [2.24, 2.45) is 0 Å². The Labute approximate surface area is 70.0 Å².